The first kappa shape index (κ1) is 18.4. The zero-order valence-electron chi connectivity index (χ0n) is 15.1. The molecule has 3 rings (SSSR count). The average molecular weight is 369 g/mol. The average Bonchev–Trinajstić information content (AvgIpc) is 3.11. The van der Waals surface area contributed by atoms with Crippen LogP contribution in [-0.4, -0.2) is 66.0 Å². The Balaban J connectivity index is 1.40. The van der Waals surface area contributed by atoms with Crippen LogP contribution >= 0.6 is 0 Å². The Hall–Kier alpha value is -1.41. The van der Waals surface area contributed by atoms with Crippen LogP contribution in [0.25, 0.3) is 0 Å². The molecule has 2 aliphatic rings. The third kappa shape index (κ3) is 4.41. The molecule has 0 aromatic carbocycles. The summed E-state index contributed by atoms with van der Waals surface area (Å²) in [6, 6.07) is 0.154. The fourth-order valence-electron chi connectivity index (χ4n) is 3.80. The Morgan fingerprint density at radius 3 is 2.56 bits per heavy atom. The summed E-state index contributed by atoms with van der Waals surface area (Å²) >= 11 is 0. The Labute approximate surface area is 149 Å². The molecule has 7 nitrogen and oxygen atoms in total. The minimum atomic E-state index is -2.84. The quantitative estimate of drug-likeness (QED) is 0.819. The van der Waals surface area contributed by atoms with E-state index < -0.39 is 9.84 Å². The molecule has 8 heteroatoms. The van der Waals surface area contributed by atoms with Crippen LogP contribution in [0.5, 0.6) is 0 Å². The maximum absolute atomic E-state index is 12.4. The highest BCUT2D eigenvalue weighted by Crippen LogP contribution is 2.24. The maximum Gasteiger partial charge on any atom is 0.223 e. The first-order valence-electron chi connectivity index (χ1n) is 9.06. The number of carbonyl (C=O) groups is 1. The van der Waals surface area contributed by atoms with E-state index in [4.69, 9.17) is 0 Å². The number of imidazole rings is 1. The highest BCUT2D eigenvalue weighted by atomic mass is 32.2. The lowest BCUT2D eigenvalue weighted by Gasteiger charge is -2.34. The van der Waals surface area contributed by atoms with Gasteiger partial charge in [0.25, 0.3) is 0 Å². The van der Waals surface area contributed by atoms with Gasteiger partial charge in [-0.2, -0.15) is 0 Å². The third-order valence-electron chi connectivity index (χ3n) is 5.62. The van der Waals surface area contributed by atoms with Gasteiger partial charge >= 0.3 is 0 Å². The van der Waals surface area contributed by atoms with Gasteiger partial charge in [-0.05, 0) is 46.2 Å². The highest BCUT2D eigenvalue weighted by molar-refractivity contribution is 7.91. The van der Waals surface area contributed by atoms with Crippen molar-refractivity contribution < 1.29 is 13.2 Å². The fraction of sp³-hybridized carbons (Fsp3) is 0.765. The second kappa shape index (κ2) is 7.45. The second-order valence-electron chi connectivity index (χ2n) is 7.27. The predicted molar refractivity (Wildman–Crippen MR) is 96.1 cm³/mol. The molecule has 25 heavy (non-hydrogen) atoms. The topological polar surface area (TPSA) is 84.3 Å². The molecule has 0 unspecified atom stereocenters. The number of piperidine rings is 1. The molecule has 0 radical (unpaired) electrons. The van der Waals surface area contributed by atoms with Crippen molar-refractivity contribution >= 4 is 15.7 Å². The van der Waals surface area contributed by atoms with Crippen molar-refractivity contribution in [1.82, 2.24) is 19.8 Å². The van der Waals surface area contributed by atoms with Crippen LogP contribution < -0.4 is 5.32 Å². The monoisotopic (exact) mass is 368 g/mol. The van der Waals surface area contributed by atoms with Crippen molar-refractivity contribution in [2.45, 2.75) is 45.7 Å². The van der Waals surface area contributed by atoms with E-state index in [1.807, 2.05) is 20.2 Å². The van der Waals surface area contributed by atoms with Crippen molar-refractivity contribution in [2.24, 2.45) is 5.92 Å². The van der Waals surface area contributed by atoms with Crippen molar-refractivity contribution in [3.63, 3.8) is 0 Å². The number of amides is 1. The van der Waals surface area contributed by atoms with Crippen LogP contribution in [0.4, 0.5) is 0 Å². The van der Waals surface area contributed by atoms with E-state index in [0.717, 1.165) is 50.3 Å². The molecule has 1 N–H and O–H groups in total. The summed E-state index contributed by atoms with van der Waals surface area (Å²) in [7, 11) is -2.84. The molecule has 0 aliphatic carbocycles. The number of hydrogen-bond acceptors (Lipinski definition) is 5. The number of carbonyl (C=O) groups excluding carboxylic acids is 1. The summed E-state index contributed by atoms with van der Waals surface area (Å²) < 4.78 is 25.3. The van der Waals surface area contributed by atoms with Crippen LogP contribution in [0.15, 0.2) is 6.33 Å². The van der Waals surface area contributed by atoms with Crippen LogP contribution in [0.3, 0.4) is 0 Å². The van der Waals surface area contributed by atoms with E-state index in [0.29, 0.717) is 12.3 Å². The van der Waals surface area contributed by atoms with Gasteiger partial charge in [0.15, 0.2) is 9.84 Å². The minimum absolute atomic E-state index is 0.0416. The molecule has 1 aromatic rings. The van der Waals surface area contributed by atoms with Gasteiger partial charge in [0, 0.05) is 30.7 Å². The van der Waals surface area contributed by atoms with E-state index in [1.54, 1.807) is 0 Å². The standard InChI is InChI=1S/C17H28N4O3S/c1-13-14(2)21(12-19-13)9-6-18-17(22)15-3-7-20(8-4-15)16-5-10-25(23,24)11-16/h12,15-16H,3-11H2,1-2H3,(H,18,22)/t16-/m1/s1. The Kier molecular flexibility index (Phi) is 5.48. The third-order valence-corrected chi connectivity index (χ3v) is 7.37. The molecule has 2 aliphatic heterocycles. The number of likely N-dealkylation sites (tertiary alicyclic amines) is 1. The summed E-state index contributed by atoms with van der Waals surface area (Å²) in [5.41, 5.74) is 2.15. The maximum atomic E-state index is 12.4. The Morgan fingerprint density at radius 1 is 1.28 bits per heavy atom. The zero-order valence-corrected chi connectivity index (χ0v) is 15.9. The van der Waals surface area contributed by atoms with E-state index in [-0.39, 0.29) is 23.6 Å². The van der Waals surface area contributed by atoms with Crippen LogP contribution in [0.1, 0.15) is 30.7 Å². The summed E-state index contributed by atoms with van der Waals surface area (Å²) in [6.45, 7) is 6.99. The molecule has 0 bridgehead atoms. The van der Waals surface area contributed by atoms with E-state index in [9.17, 15) is 13.2 Å². The lowest BCUT2D eigenvalue weighted by atomic mass is 9.94. The summed E-state index contributed by atoms with van der Waals surface area (Å²) in [5, 5.41) is 3.03. The van der Waals surface area contributed by atoms with Gasteiger partial charge in [-0.1, -0.05) is 0 Å². The lowest BCUT2D eigenvalue weighted by molar-refractivity contribution is -0.126. The molecule has 2 saturated heterocycles. The number of rotatable bonds is 5. The molecule has 1 aromatic heterocycles. The molecule has 0 spiro atoms. The molecular weight excluding hydrogens is 340 g/mol. The van der Waals surface area contributed by atoms with Gasteiger partial charge in [-0.3, -0.25) is 9.69 Å². The molecule has 140 valence electrons. The van der Waals surface area contributed by atoms with Crippen LogP contribution in [0, 0.1) is 19.8 Å². The SMILES string of the molecule is Cc1ncn(CCNC(=O)C2CCN([C@@H]3CCS(=O)(=O)C3)CC2)c1C. The van der Waals surface area contributed by atoms with E-state index in [1.165, 1.54) is 0 Å². The summed E-state index contributed by atoms with van der Waals surface area (Å²) in [6.07, 6.45) is 4.17. The molecule has 1 amide bonds. The highest BCUT2D eigenvalue weighted by Gasteiger charge is 2.35. The molecule has 1 atom stereocenters. The first-order valence-corrected chi connectivity index (χ1v) is 10.9. The Bertz CT molecular complexity index is 720. The lowest BCUT2D eigenvalue weighted by Crippen LogP contribution is -2.45. The number of nitrogens with one attached hydrogen (secondary N) is 1. The predicted octanol–water partition coefficient (Wildman–Crippen LogP) is 0.515. The van der Waals surface area contributed by atoms with Crippen molar-refractivity contribution in [2.75, 3.05) is 31.1 Å². The van der Waals surface area contributed by atoms with Crippen molar-refractivity contribution in [1.29, 1.82) is 0 Å². The smallest absolute Gasteiger partial charge is 0.223 e. The van der Waals surface area contributed by atoms with Crippen molar-refractivity contribution in [3.05, 3.63) is 17.7 Å². The second-order valence-corrected chi connectivity index (χ2v) is 9.50. The largest absolute Gasteiger partial charge is 0.354 e. The van der Waals surface area contributed by atoms with Gasteiger partial charge in [0.2, 0.25) is 5.91 Å². The fourth-order valence-corrected chi connectivity index (χ4v) is 5.57. The van der Waals surface area contributed by atoms with Crippen LogP contribution in [0.2, 0.25) is 0 Å². The number of nitrogens with zero attached hydrogens (tertiary/aromatic N) is 3. The van der Waals surface area contributed by atoms with Gasteiger partial charge in [0.1, 0.15) is 0 Å². The molecule has 2 fully saturated rings. The van der Waals surface area contributed by atoms with Gasteiger partial charge < -0.3 is 9.88 Å². The van der Waals surface area contributed by atoms with Crippen LogP contribution in [-0.2, 0) is 21.2 Å². The van der Waals surface area contributed by atoms with Gasteiger partial charge in [-0.15, -0.1) is 0 Å². The van der Waals surface area contributed by atoms with E-state index >= 15 is 0 Å². The number of sulfone groups is 1. The van der Waals surface area contributed by atoms with E-state index in [2.05, 4.69) is 19.8 Å². The molecule has 0 saturated carbocycles. The normalized spacial score (nSPS) is 24.5. The minimum Gasteiger partial charge on any atom is -0.354 e. The first-order chi connectivity index (χ1) is 11.9. The summed E-state index contributed by atoms with van der Waals surface area (Å²) in [5.74, 6) is 0.756. The number of hydrogen-bond donors (Lipinski definition) is 1. The zero-order chi connectivity index (χ0) is 18.0. The van der Waals surface area contributed by atoms with Gasteiger partial charge in [0.05, 0.1) is 23.5 Å². The summed E-state index contributed by atoms with van der Waals surface area (Å²) in [4.78, 5) is 18.9. The van der Waals surface area contributed by atoms with Gasteiger partial charge in [-0.25, -0.2) is 13.4 Å². The van der Waals surface area contributed by atoms with Crippen molar-refractivity contribution in [3.8, 4) is 0 Å². The number of aromatic nitrogens is 2. The molecular formula is C17H28N4O3S. The number of aryl methyl sites for hydroxylation is 1. The molecule has 3 heterocycles. The Morgan fingerprint density at radius 2 is 2.00 bits per heavy atom.